The number of hydrogen-bond donors (Lipinski definition) is 1. The highest BCUT2D eigenvalue weighted by atomic mass is 16.6. The van der Waals surface area contributed by atoms with Crippen LogP contribution >= 0.6 is 0 Å². The SMILES string of the molecule is O=C(NCc1ccccc1)OC[C@]12CCCC[C@H]1O2. The van der Waals surface area contributed by atoms with E-state index in [-0.39, 0.29) is 11.7 Å². The molecular weight excluding hydrogens is 242 g/mol. The molecule has 0 bridgehead atoms. The summed E-state index contributed by atoms with van der Waals surface area (Å²) in [7, 11) is 0. The van der Waals surface area contributed by atoms with Crippen LogP contribution in [0.5, 0.6) is 0 Å². The normalized spacial score (nSPS) is 28.3. The van der Waals surface area contributed by atoms with Gasteiger partial charge in [-0.1, -0.05) is 43.2 Å². The van der Waals surface area contributed by atoms with E-state index in [9.17, 15) is 4.79 Å². The van der Waals surface area contributed by atoms with Crippen molar-refractivity contribution >= 4 is 6.09 Å². The number of epoxide rings is 1. The van der Waals surface area contributed by atoms with Crippen molar-refractivity contribution in [2.75, 3.05) is 6.61 Å². The van der Waals surface area contributed by atoms with Crippen LogP contribution in [0.15, 0.2) is 30.3 Å². The molecule has 4 heteroatoms. The van der Waals surface area contributed by atoms with Gasteiger partial charge in [-0.3, -0.25) is 0 Å². The third-order valence-corrected chi connectivity index (χ3v) is 3.95. The Morgan fingerprint density at radius 2 is 2.21 bits per heavy atom. The number of nitrogens with one attached hydrogen (secondary N) is 1. The number of ether oxygens (including phenoxy) is 2. The van der Waals surface area contributed by atoms with Gasteiger partial charge in [0.15, 0.2) is 0 Å². The van der Waals surface area contributed by atoms with Crippen LogP contribution in [0.2, 0.25) is 0 Å². The lowest BCUT2D eigenvalue weighted by atomic mass is 9.90. The summed E-state index contributed by atoms with van der Waals surface area (Å²) in [4.78, 5) is 11.6. The maximum atomic E-state index is 11.6. The molecule has 1 saturated carbocycles. The molecule has 1 aromatic carbocycles. The standard InChI is InChI=1S/C15H19NO3/c17-14(16-10-12-6-2-1-3-7-12)18-11-15-9-5-4-8-13(15)19-15/h1-3,6-7,13H,4-5,8-11H2,(H,16,17)/t13-,15-/m1/s1. The van der Waals surface area contributed by atoms with E-state index in [1.807, 2.05) is 30.3 Å². The predicted molar refractivity (Wildman–Crippen MR) is 70.7 cm³/mol. The van der Waals surface area contributed by atoms with Crippen LogP contribution in [-0.2, 0) is 16.0 Å². The van der Waals surface area contributed by atoms with Gasteiger partial charge in [0, 0.05) is 6.54 Å². The first kappa shape index (κ1) is 12.5. The van der Waals surface area contributed by atoms with Crippen molar-refractivity contribution < 1.29 is 14.3 Å². The van der Waals surface area contributed by atoms with Crippen molar-refractivity contribution in [1.29, 1.82) is 0 Å². The van der Waals surface area contributed by atoms with Crippen LogP contribution in [0.25, 0.3) is 0 Å². The summed E-state index contributed by atoms with van der Waals surface area (Å²) < 4.78 is 10.9. The van der Waals surface area contributed by atoms with Crippen LogP contribution in [0.3, 0.4) is 0 Å². The Kier molecular flexibility index (Phi) is 3.42. The van der Waals surface area contributed by atoms with E-state index < -0.39 is 0 Å². The molecule has 2 atom stereocenters. The molecule has 1 amide bonds. The fourth-order valence-corrected chi connectivity index (χ4v) is 2.75. The molecule has 2 fully saturated rings. The molecule has 19 heavy (non-hydrogen) atoms. The summed E-state index contributed by atoms with van der Waals surface area (Å²) in [6.45, 7) is 0.884. The van der Waals surface area contributed by atoms with Crippen LogP contribution < -0.4 is 5.32 Å². The van der Waals surface area contributed by atoms with Crippen molar-refractivity contribution in [2.45, 2.75) is 43.9 Å². The fourth-order valence-electron chi connectivity index (χ4n) is 2.75. The maximum absolute atomic E-state index is 11.6. The lowest BCUT2D eigenvalue weighted by molar-refractivity contribution is 0.105. The zero-order chi connectivity index (χ0) is 13.1. The molecule has 4 nitrogen and oxygen atoms in total. The zero-order valence-electron chi connectivity index (χ0n) is 10.9. The summed E-state index contributed by atoms with van der Waals surface area (Å²) in [6, 6.07) is 9.80. The van der Waals surface area contributed by atoms with E-state index in [0.717, 1.165) is 18.4 Å². The number of hydrogen-bond acceptors (Lipinski definition) is 3. The van der Waals surface area contributed by atoms with E-state index in [1.165, 1.54) is 12.8 Å². The lowest BCUT2D eigenvalue weighted by Crippen LogP contribution is -2.31. The van der Waals surface area contributed by atoms with Gasteiger partial charge in [0.2, 0.25) is 0 Å². The van der Waals surface area contributed by atoms with Gasteiger partial charge in [0.25, 0.3) is 0 Å². The Balaban J connectivity index is 1.40. The lowest BCUT2D eigenvalue weighted by Gasteiger charge is -2.17. The molecule has 0 aromatic heterocycles. The van der Waals surface area contributed by atoms with Crippen molar-refractivity contribution in [1.82, 2.24) is 5.32 Å². The number of carbonyl (C=O) groups excluding carboxylic acids is 1. The Morgan fingerprint density at radius 1 is 1.37 bits per heavy atom. The number of benzene rings is 1. The minimum absolute atomic E-state index is 0.150. The van der Waals surface area contributed by atoms with Gasteiger partial charge in [-0.25, -0.2) is 4.79 Å². The molecular formula is C15H19NO3. The smallest absolute Gasteiger partial charge is 0.407 e. The van der Waals surface area contributed by atoms with Crippen molar-refractivity contribution in [3.8, 4) is 0 Å². The van der Waals surface area contributed by atoms with Crippen LogP contribution in [-0.4, -0.2) is 24.4 Å². The number of fused-ring (bicyclic) bond motifs is 1. The molecule has 1 saturated heterocycles. The first-order valence-electron chi connectivity index (χ1n) is 6.91. The topological polar surface area (TPSA) is 50.9 Å². The van der Waals surface area contributed by atoms with E-state index in [1.54, 1.807) is 0 Å². The van der Waals surface area contributed by atoms with Crippen LogP contribution in [0, 0.1) is 0 Å². The zero-order valence-corrected chi connectivity index (χ0v) is 10.9. The number of rotatable bonds is 4. The molecule has 1 aliphatic carbocycles. The predicted octanol–water partition coefficient (Wildman–Crippen LogP) is 2.62. The quantitative estimate of drug-likeness (QED) is 0.848. The Morgan fingerprint density at radius 3 is 3.00 bits per heavy atom. The Hall–Kier alpha value is -1.55. The summed E-state index contributed by atoms with van der Waals surface area (Å²) in [5.74, 6) is 0. The minimum Gasteiger partial charge on any atom is -0.446 e. The van der Waals surface area contributed by atoms with Gasteiger partial charge in [-0.15, -0.1) is 0 Å². The second-order valence-corrected chi connectivity index (χ2v) is 5.33. The molecule has 2 aliphatic rings. The summed E-state index contributed by atoms with van der Waals surface area (Å²) in [5, 5.41) is 2.76. The van der Waals surface area contributed by atoms with Gasteiger partial charge < -0.3 is 14.8 Å². The monoisotopic (exact) mass is 261 g/mol. The first-order chi connectivity index (χ1) is 9.28. The highest BCUT2D eigenvalue weighted by molar-refractivity contribution is 5.67. The van der Waals surface area contributed by atoms with Crippen molar-refractivity contribution in [3.63, 3.8) is 0 Å². The van der Waals surface area contributed by atoms with Crippen molar-refractivity contribution in [3.05, 3.63) is 35.9 Å². The van der Waals surface area contributed by atoms with E-state index >= 15 is 0 Å². The molecule has 1 N–H and O–H groups in total. The third kappa shape index (κ3) is 2.89. The van der Waals surface area contributed by atoms with Gasteiger partial charge in [0.05, 0.1) is 6.10 Å². The molecule has 102 valence electrons. The van der Waals surface area contributed by atoms with E-state index in [4.69, 9.17) is 9.47 Å². The Bertz CT molecular complexity index is 448. The van der Waals surface area contributed by atoms with Gasteiger partial charge in [-0.05, 0) is 18.4 Å². The van der Waals surface area contributed by atoms with Gasteiger partial charge >= 0.3 is 6.09 Å². The minimum atomic E-state index is -0.363. The first-order valence-corrected chi connectivity index (χ1v) is 6.91. The highest BCUT2D eigenvalue weighted by Gasteiger charge is 2.58. The van der Waals surface area contributed by atoms with Crippen LogP contribution in [0.4, 0.5) is 4.79 Å². The molecule has 1 heterocycles. The highest BCUT2D eigenvalue weighted by Crippen LogP contribution is 2.47. The van der Waals surface area contributed by atoms with E-state index in [0.29, 0.717) is 19.3 Å². The third-order valence-electron chi connectivity index (χ3n) is 3.95. The molecule has 1 aromatic rings. The summed E-state index contributed by atoms with van der Waals surface area (Å²) in [5.41, 5.74) is 0.915. The largest absolute Gasteiger partial charge is 0.446 e. The van der Waals surface area contributed by atoms with Crippen molar-refractivity contribution in [2.24, 2.45) is 0 Å². The average Bonchev–Trinajstić information content (AvgIpc) is 3.19. The molecule has 0 unspecified atom stereocenters. The molecule has 3 rings (SSSR count). The maximum Gasteiger partial charge on any atom is 0.407 e. The van der Waals surface area contributed by atoms with Gasteiger partial charge in [0.1, 0.15) is 12.2 Å². The molecule has 0 spiro atoms. The second kappa shape index (κ2) is 5.21. The number of amides is 1. The number of alkyl carbamates (subject to hydrolysis) is 1. The summed E-state index contributed by atoms with van der Waals surface area (Å²) >= 11 is 0. The molecule has 1 aliphatic heterocycles. The van der Waals surface area contributed by atoms with Gasteiger partial charge in [-0.2, -0.15) is 0 Å². The molecule has 0 radical (unpaired) electrons. The van der Waals surface area contributed by atoms with Crippen LogP contribution in [0.1, 0.15) is 31.2 Å². The number of carbonyl (C=O) groups is 1. The second-order valence-electron chi connectivity index (χ2n) is 5.33. The van der Waals surface area contributed by atoms with E-state index in [2.05, 4.69) is 5.32 Å². The fraction of sp³-hybridized carbons (Fsp3) is 0.533. The summed E-state index contributed by atoms with van der Waals surface area (Å²) in [6.07, 6.45) is 4.48. The average molecular weight is 261 g/mol. The Labute approximate surface area is 113 Å².